The molecule has 0 radical (unpaired) electrons. The molecule has 2 rings (SSSR count). The average Bonchev–Trinajstić information content (AvgIpc) is 2.50. The third-order valence-electron chi connectivity index (χ3n) is 3.24. The monoisotopic (exact) mass is 312 g/mol. The Kier molecular flexibility index (Phi) is 4.24. The van der Waals surface area contributed by atoms with Crippen LogP contribution in [0.3, 0.4) is 0 Å². The van der Waals surface area contributed by atoms with Crippen LogP contribution in [0.15, 0.2) is 28.7 Å². The summed E-state index contributed by atoms with van der Waals surface area (Å²) in [5, 5.41) is 9.50. The first kappa shape index (κ1) is 13.4. The van der Waals surface area contributed by atoms with Crippen LogP contribution in [0.1, 0.15) is 6.42 Å². The number of amides is 1. The molecule has 1 heterocycles. The second kappa shape index (κ2) is 5.71. The van der Waals surface area contributed by atoms with E-state index in [0.29, 0.717) is 0 Å². The van der Waals surface area contributed by atoms with E-state index in [1.807, 2.05) is 29.2 Å². The quantitative estimate of drug-likeness (QED) is 0.899. The number of anilines is 1. The Balaban J connectivity index is 2.32. The lowest BCUT2D eigenvalue weighted by atomic mass is 10.2. The van der Waals surface area contributed by atoms with Crippen LogP contribution in [-0.4, -0.2) is 48.7 Å². The summed E-state index contributed by atoms with van der Waals surface area (Å²) >= 11 is 3.43. The number of aliphatic hydroxyl groups is 1. The summed E-state index contributed by atoms with van der Waals surface area (Å²) in [4.78, 5) is 15.8. The van der Waals surface area contributed by atoms with Gasteiger partial charge in [0.05, 0.1) is 6.61 Å². The standard InChI is InChI=1S/C13H17BrN2O2/c1-15-6-3-7-16(12(9-17)13(15)18)11-5-2-4-10(14)8-11/h2,4-5,8,12,17H,3,6-7,9H2,1H3. The molecule has 1 atom stereocenters. The summed E-state index contributed by atoms with van der Waals surface area (Å²) in [6.07, 6.45) is 0.908. The first-order chi connectivity index (χ1) is 8.63. The molecule has 18 heavy (non-hydrogen) atoms. The van der Waals surface area contributed by atoms with Crippen molar-refractivity contribution in [2.75, 3.05) is 31.6 Å². The van der Waals surface area contributed by atoms with Gasteiger partial charge in [0, 0.05) is 30.3 Å². The zero-order valence-corrected chi connectivity index (χ0v) is 11.9. The largest absolute Gasteiger partial charge is 0.394 e. The van der Waals surface area contributed by atoms with Crippen molar-refractivity contribution in [3.8, 4) is 0 Å². The highest BCUT2D eigenvalue weighted by Crippen LogP contribution is 2.24. The Labute approximate surface area is 115 Å². The summed E-state index contributed by atoms with van der Waals surface area (Å²) in [5.41, 5.74) is 0.965. The van der Waals surface area contributed by atoms with E-state index in [1.165, 1.54) is 0 Å². The topological polar surface area (TPSA) is 43.8 Å². The van der Waals surface area contributed by atoms with E-state index in [4.69, 9.17) is 0 Å². The van der Waals surface area contributed by atoms with E-state index in [9.17, 15) is 9.90 Å². The van der Waals surface area contributed by atoms with Gasteiger partial charge in [0.1, 0.15) is 6.04 Å². The van der Waals surface area contributed by atoms with Gasteiger partial charge in [-0.25, -0.2) is 0 Å². The fraction of sp³-hybridized carbons (Fsp3) is 0.462. The first-order valence-electron chi connectivity index (χ1n) is 6.01. The normalized spacial score (nSPS) is 21.1. The number of benzene rings is 1. The number of halogens is 1. The molecule has 4 nitrogen and oxygen atoms in total. The predicted octanol–water partition coefficient (Wildman–Crippen LogP) is 1.48. The molecule has 1 aliphatic heterocycles. The van der Waals surface area contributed by atoms with Gasteiger partial charge in [0.25, 0.3) is 0 Å². The number of hydrogen-bond donors (Lipinski definition) is 1. The second-order valence-corrected chi connectivity index (χ2v) is 5.40. The van der Waals surface area contributed by atoms with Crippen LogP contribution in [0.4, 0.5) is 5.69 Å². The van der Waals surface area contributed by atoms with Gasteiger partial charge >= 0.3 is 0 Å². The van der Waals surface area contributed by atoms with E-state index in [-0.39, 0.29) is 12.5 Å². The van der Waals surface area contributed by atoms with E-state index >= 15 is 0 Å². The Bertz CT molecular complexity index is 439. The number of rotatable bonds is 2. The number of carbonyl (C=O) groups is 1. The molecule has 0 aromatic heterocycles. The smallest absolute Gasteiger partial charge is 0.247 e. The zero-order valence-electron chi connectivity index (χ0n) is 10.3. The van der Waals surface area contributed by atoms with Crippen molar-refractivity contribution >= 4 is 27.5 Å². The van der Waals surface area contributed by atoms with Gasteiger partial charge in [-0.3, -0.25) is 4.79 Å². The van der Waals surface area contributed by atoms with Crippen molar-refractivity contribution in [3.63, 3.8) is 0 Å². The maximum atomic E-state index is 12.2. The molecular formula is C13H17BrN2O2. The van der Waals surface area contributed by atoms with Crippen molar-refractivity contribution in [1.29, 1.82) is 0 Å². The van der Waals surface area contributed by atoms with E-state index in [1.54, 1.807) is 11.9 Å². The van der Waals surface area contributed by atoms with Gasteiger partial charge in [0.2, 0.25) is 5.91 Å². The lowest BCUT2D eigenvalue weighted by molar-refractivity contribution is -0.131. The van der Waals surface area contributed by atoms with Crippen LogP contribution in [0.5, 0.6) is 0 Å². The summed E-state index contributed by atoms with van der Waals surface area (Å²) in [6.45, 7) is 1.35. The maximum Gasteiger partial charge on any atom is 0.247 e. The van der Waals surface area contributed by atoms with Crippen molar-refractivity contribution in [1.82, 2.24) is 4.90 Å². The summed E-state index contributed by atoms with van der Waals surface area (Å²) in [5.74, 6) is -0.0185. The van der Waals surface area contributed by atoms with E-state index in [2.05, 4.69) is 15.9 Å². The fourth-order valence-electron chi connectivity index (χ4n) is 2.27. The summed E-state index contributed by atoms with van der Waals surface area (Å²) < 4.78 is 0.974. The van der Waals surface area contributed by atoms with Crippen molar-refractivity contribution in [3.05, 3.63) is 28.7 Å². The summed E-state index contributed by atoms with van der Waals surface area (Å²) in [6, 6.07) is 7.34. The molecule has 1 aromatic carbocycles. The number of nitrogens with zero attached hydrogens (tertiary/aromatic N) is 2. The minimum absolute atomic E-state index is 0.0185. The molecule has 0 saturated carbocycles. The van der Waals surface area contributed by atoms with Crippen LogP contribution in [-0.2, 0) is 4.79 Å². The first-order valence-corrected chi connectivity index (χ1v) is 6.81. The van der Waals surface area contributed by atoms with Crippen molar-refractivity contribution in [2.24, 2.45) is 0 Å². The maximum absolute atomic E-state index is 12.2. The van der Waals surface area contributed by atoms with Crippen LogP contribution in [0.2, 0.25) is 0 Å². The zero-order chi connectivity index (χ0) is 13.1. The predicted molar refractivity (Wildman–Crippen MR) is 74.6 cm³/mol. The van der Waals surface area contributed by atoms with E-state index in [0.717, 1.165) is 29.7 Å². The molecule has 0 aliphatic carbocycles. The molecule has 0 spiro atoms. The third-order valence-corrected chi connectivity index (χ3v) is 3.74. The van der Waals surface area contributed by atoms with Gasteiger partial charge in [-0.05, 0) is 24.6 Å². The number of carbonyl (C=O) groups excluding carboxylic acids is 1. The van der Waals surface area contributed by atoms with Crippen LogP contribution in [0, 0.1) is 0 Å². The molecule has 1 saturated heterocycles. The number of likely N-dealkylation sites (N-methyl/N-ethyl adjacent to an activating group) is 1. The number of hydrogen-bond acceptors (Lipinski definition) is 3. The molecule has 1 N–H and O–H groups in total. The molecule has 1 amide bonds. The molecule has 1 aromatic rings. The van der Waals surface area contributed by atoms with Crippen LogP contribution in [0.25, 0.3) is 0 Å². The van der Waals surface area contributed by atoms with Crippen LogP contribution >= 0.6 is 15.9 Å². The molecule has 0 bridgehead atoms. The van der Waals surface area contributed by atoms with Gasteiger partial charge in [0.15, 0.2) is 0 Å². The Morgan fingerprint density at radius 3 is 2.89 bits per heavy atom. The molecule has 1 unspecified atom stereocenters. The average molecular weight is 313 g/mol. The second-order valence-electron chi connectivity index (χ2n) is 4.48. The highest BCUT2D eigenvalue weighted by Gasteiger charge is 2.30. The van der Waals surface area contributed by atoms with Crippen LogP contribution < -0.4 is 4.90 Å². The van der Waals surface area contributed by atoms with Gasteiger partial charge in [-0.2, -0.15) is 0 Å². The number of aliphatic hydroxyl groups excluding tert-OH is 1. The van der Waals surface area contributed by atoms with Gasteiger partial charge in [-0.15, -0.1) is 0 Å². The highest BCUT2D eigenvalue weighted by atomic mass is 79.9. The van der Waals surface area contributed by atoms with Crippen molar-refractivity contribution in [2.45, 2.75) is 12.5 Å². The molecule has 98 valence electrons. The highest BCUT2D eigenvalue weighted by molar-refractivity contribution is 9.10. The Morgan fingerprint density at radius 1 is 1.44 bits per heavy atom. The Hall–Kier alpha value is -1.07. The minimum atomic E-state index is -0.480. The van der Waals surface area contributed by atoms with Crippen molar-refractivity contribution < 1.29 is 9.90 Å². The molecule has 1 fully saturated rings. The third kappa shape index (κ3) is 2.67. The lowest BCUT2D eigenvalue weighted by Gasteiger charge is -2.30. The Morgan fingerprint density at radius 2 is 2.22 bits per heavy atom. The van der Waals surface area contributed by atoms with Gasteiger partial charge < -0.3 is 14.9 Å². The van der Waals surface area contributed by atoms with E-state index < -0.39 is 6.04 Å². The SMILES string of the molecule is CN1CCCN(c2cccc(Br)c2)C(CO)C1=O. The minimum Gasteiger partial charge on any atom is -0.394 e. The lowest BCUT2D eigenvalue weighted by Crippen LogP contribution is -2.47. The van der Waals surface area contributed by atoms with Gasteiger partial charge in [-0.1, -0.05) is 22.0 Å². The molecule has 1 aliphatic rings. The molecule has 5 heteroatoms. The fourth-order valence-corrected chi connectivity index (χ4v) is 2.66. The molecular weight excluding hydrogens is 296 g/mol. The summed E-state index contributed by atoms with van der Waals surface area (Å²) in [7, 11) is 1.79.